The highest BCUT2D eigenvalue weighted by Gasteiger charge is 2.24. The number of likely N-dealkylation sites (tertiary alicyclic amines) is 1. The van der Waals surface area contributed by atoms with Crippen molar-refractivity contribution in [3.8, 4) is 0 Å². The number of aryl methyl sites for hydroxylation is 2. The molecule has 6 heteroatoms. The van der Waals surface area contributed by atoms with Crippen molar-refractivity contribution in [2.45, 2.75) is 38.8 Å². The van der Waals surface area contributed by atoms with Gasteiger partial charge < -0.3 is 5.32 Å². The highest BCUT2D eigenvalue weighted by Crippen LogP contribution is 2.23. The lowest BCUT2D eigenvalue weighted by Crippen LogP contribution is -2.26. The Kier molecular flexibility index (Phi) is 4.84. The molecule has 3 heterocycles. The first-order chi connectivity index (χ1) is 12.7. The molecule has 1 fully saturated rings. The predicted molar refractivity (Wildman–Crippen MR) is 104 cm³/mol. The van der Waals surface area contributed by atoms with Gasteiger partial charge in [-0.3, -0.25) is 9.58 Å². The average Bonchev–Trinajstić information content (AvgIpc) is 3.23. The van der Waals surface area contributed by atoms with Crippen molar-refractivity contribution in [1.29, 1.82) is 0 Å². The Morgan fingerprint density at radius 1 is 1.19 bits per heavy atom. The lowest BCUT2D eigenvalue weighted by molar-refractivity contribution is 0.328. The molecule has 1 saturated heterocycles. The van der Waals surface area contributed by atoms with Crippen LogP contribution in [0.4, 0.5) is 5.82 Å². The Labute approximate surface area is 154 Å². The number of benzene rings is 1. The van der Waals surface area contributed by atoms with E-state index in [2.05, 4.69) is 57.6 Å². The molecule has 0 spiro atoms. The van der Waals surface area contributed by atoms with Gasteiger partial charge in [0.25, 0.3) is 0 Å². The number of fused-ring (bicyclic) bond motifs is 1. The molecular formula is C20H26N6. The number of hydrogen-bond donors (Lipinski definition) is 1. The van der Waals surface area contributed by atoms with Gasteiger partial charge in [0.2, 0.25) is 0 Å². The molecule has 1 N–H and O–H groups in total. The summed E-state index contributed by atoms with van der Waals surface area (Å²) < 4.78 is 1.83. The summed E-state index contributed by atoms with van der Waals surface area (Å²) in [6, 6.07) is 11.1. The molecule has 3 aromatic rings. The van der Waals surface area contributed by atoms with Crippen LogP contribution in [0.5, 0.6) is 0 Å². The molecule has 6 nitrogen and oxygen atoms in total. The molecule has 0 amide bonds. The van der Waals surface area contributed by atoms with Gasteiger partial charge in [-0.15, -0.1) is 0 Å². The number of nitrogens with zero attached hydrogens (tertiary/aromatic N) is 5. The lowest BCUT2D eigenvalue weighted by Gasteiger charge is -2.17. The maximum absolute atomic E-state index is 4.78. The van der Waals surface area contributed by atoms with Crippen molar-refractivity contribution in [1.82, 2.24) is 24.6 Å². The zero-order valence-electron chi connectivity index (χ0n) is 15.5. The fraction of sp³-hybridized carbons (Fsp3) is 0.450. The molecule has 1 aromatic carbocycles. The summed E-state index contributed by atoms with van der Waals surface area (Å²) in [4.78, 5) is 12.0. The molecule has 1 unspecified atom stereocenters. The standard InChI is InChI=1S/C20H26N6/c1-3-7-18-23-19(17-12-21-25(2)20(17)24-18)22-16-10-11-26(14-16)13-15-8-5-4-6-9-15/h4-6,8-9,12,16H,3,7,10-11,13-14H2,1-2H3,(H,22,23,24). The van der Waals surface area contributed by atoms with E-state index in [0.29, 0.717) is 6.04 Å². The van der Waals surface area contributed by atoms with E-state index < -0.39 is 0 Å². The molecule has 2 aromatic heterocycles. The first-order valence-corrected chi connectivity index (χ1v) is 9.44. The van der Waals surface area contributed by atoms with Gasteiger partial charge >= 0.3 is 0 Å². The van der Waals surface area contributed by atoms with Crippen molar-refractivity contribution in [2.24, 2.45) is 7.05 Å². The van der Waals surface area contributed by atoms with E-state index in [1.807, 2.05) is 17.9 Å². The third kappa shape index (κ3) is 3.55. The van der Waals surface area contributed by atoms with E-state index >= 15 is 0 Å². The van der Waals surface area contributed by atoms with Crippen LogP contribution in [-0.4, -0.2) is 43.8 Å². The Bertz CT molecular complexity index is 873. The Hall–Kier alpha value is -2.47. The zero-order chi connectivity index (χ0) is 17.9. The highest BCUT2D eigenvalue weighted by molar-refractivity contribution is 5.86. The molecule has 1 aliphatic heterocycles. The first-order valence-electron chi connectivity index (χ1n) is 9.44. The summed E-state index contributed by atoms with van der Waals surface area (Å²) in [6.45, 7) is 5.30. The maximum Gasteiger partial charge on any atom is 0.163 e. The number of rotatable bonds is 6. The highest BCUT2D eigenvalue weighted by atomic mass is 15.3. The van der Waals surface area contributed by atoms with Crippen LogP contribution >= 0.6 is 0 Å². The number of hydrogen-bond acceptors (Lipinski definition) is 5. The SMILES string of the molecule is CCCc1nc(NC2CCN(Cc3ccccc3)C2)c2cnn(C)c2n1. The van der Waals surface area contributed by atoms with Crippen molar-refractivity contribution < 1.29 is 0 Å². The predicted octanol–water partition coefficient (Wildman–Crippen LogP) is 3.00. The Balaban J connectivity index is 1.49. The summed E-state index contributed by atoms with van der Waals surface area (Å²) in [5, 5.41) is 9.04. The minimum atomic E-state index is 0.409. The monoisotopic (exact) mass is 350 g/mol. The van der Waals surface area contributed by atoms with Crippen LogP contribution in [0.25, 0.3) is 11.0 Å². The maximum atomic E-state index is 4.78. The van der Waals surface area contributed by atoms with Gasteiger partial charge in [-0.1, -0.05) is 37.3 Å². The van der Waals surface area contributed by atoms with Crippen molar-refractivity contribution in [3.05, 3.63) is 47.9 Å². The summed E-state index contributed by atoms with van der Waals surface area (Å²) >= 11 is 0. The fourth-order valence-corrected chi connectivity index (χ4v) is 3.64. The summed E-state index contributed by atoms with van der Waals surface area (Å²) in [6.07, 6.45) is 4.92. The summed E-state index contributed by atoms with van der Waals surface area (Å²) in [5.74, 6) is 1.82. The van der Waals surface area contributed by atoms with Crippen LogP contribution in [0.15, 0.2) is 36.5 Å². The van der Waals surface area contributed by atoms with Crippen LogP contribution in [-0.2, 0) is 20.0 Å². The third-order valence-corrected chi connectivity index (χ3v) is 4.97. The average molecular weight is 350 g/mol. The topological polar surface area (TPSA) is 58.9 Å². The minimum absolute atomic E-state index is 0.409. The van der Waals surface area contributed by atoms with Crippen LogP contribution in [0.1, 0.15) is 31.2 Å². The second-order valence-electron chi connectivity index (χ2n) is 7.09. The van der Waals surface area contributed by atoms with E-state index in [4.69, 9.17) is 4.98 Å². The number of anilines is 1. The van der Waals surface area contributed by atoms with E-state index in [-0.39, 0.29) is 0 Å². The number of aromatic nitrogens is 4. The van der Waals surface area contributed by atoms with Gasteiger partial charge in [-0.25, -0.2) is 9.97 Å². The van der Waals surface area contributed by atoms with Crippen LogP contribution < -0.4 is 5.32 Å². The molecule has 0 radical (unpaired) electrons. The quantitative estimate of drug-likeness (QED) is 0.740. The van der Waals surface area contributed by atoms with Gasteiger partial charge in [0.15, 0.2) is 5.65 Å². The largest absolute Gasteiger partial charge is 0.365 e. The van der Waals surface area contributed by atoms with E-state index in [9.17, 15) is 0 Å². The van der Waals surface area contributed by atoms with Gasteiger partial charge in [0.05, 0.1) is 11.6 Å². The molecule has 26 heavy (non-hydrogen) atoms. The molecule has 136 valence electrons. The van der Waals surface area contributed by atoms with E-state index in [0.717, 1.165) is 61.6 Å². The van der Waals surface area contributed by atoms with Crippen molar-refractivity contribution in [2.75, 3.05) is 18.4 Å². The number of nitrogens with one attached hydrogen (secondary N) is 1. The van der Waals surface area contributed by atoms with Gasteiger partial charge in [-0.05, 0) is 18.4 Å². The normalized spacial score (nSPS) is 17.8. The Morgan fingerprint density at radius 3 is 2.85 bits per heavy atom. The molecule has 0 saturated carbocycles. The molecule has 0 aliphatic carbocycles. The van der Waals surface area contributed by atoms with Crippen LogP contribution in [0.2, 0.25) is 0 Å². The Morgan fingerprint density at radius 2 is 2.04 bits per heavy atom. The van der Waals surface area contributed by atoms with E-state index in [1.54, 1.807) is 0 Å². The van der Waals surface area contributed by atoms with E-state index in [1.165, 1.54) is 5.56 Å². The van der Waals surface area contributed by atoms with Crippen LogP contribution in [0, 0.1) is 0 Å². The third-order valence-electron chi connectivity index (χ3n) is 4.97. The van der Waals surface area contributed by atoms with Crippen molar-refractivity contribution in [3.63, 3.8) is 0 Å². The summed E-state index contributed by atoms with van der Waals surface area (Å²) in [7, 11) is 1.94. The zero-order valence-corrected chi connectivity index (χ0v) is 15.5. The fourth-order valence-electron chi connectivity index (χ4n) is 3.64. The second-order valence-corrected chi connectivity index (χ2v) is 7.09. The molecule has 4 rings (SSSR count). The van der Waals surface area contributed by atoms with Gasteiger partial charge in [0, 0.05) is 39.1 Å². The first kappa shape index (κ1) is 17.0. The summed E-state index contributed by atoms with van der Waals surface area (Å²) in [5.41, 5.74) is 2.28. The molecule has 1 aliphatic rings. The lowest BCUT2D eigenvalue weighted by atomic mass is 10.2. The smallest absolute Gasteiger partial charge is 0.163 e. The molecule has 0 bridgehead atoms. The van der Waals surface area contributed by atoms with Gasteiger partial charge in [-0.2, -0.15) is 5.10 Å². The minimum Gasteiger partial charge on any atom is -0.365 e. The molecule has 1 atom stereocenters. The molecular weight excluding hydrogens is 324 g/mol. The second kappa shape index (κ2) is 7.41. The van der Waals surface area contributed by atoms with Gasteiger partial charge in [0.1, 0.15) is 11.6 Å². The van der Waals surface area contributed by atoms with Crippen molar-refractivity contribution >= 4 is 16.9 Å². The van der Waals surface area contributed by atoms with Crippen LogP contribution in [0.3, 0.4) is 0 Å².